The van der Waals surface area contributed by atoms with Crippen LogP contribution in [0.1, 0.15) is 40.5 Å². The van der Waals surface area contributed by atoms with Crippen molar-refractivity contribution in [2.24, 2.45) is 5.92 Å². The molecule has 0 N–H and O–H groups in total. The highest BCUT2D eigenvalue weighted by atomic mass is 15.1. The zero-order chi connectivity index (χ0) is 12.8. The van der Waals surface area contributed by atoms with Crippen molar-refractivity contribution in [3.05, 3.63) is 24.4 Å². The van der Waals surface area contributed by atoms with Gasteiger partial charge in [-0.05, 0) is 37.9 Å². The van der Waals surface area contributed by atoms with E-state index in [9.17, 15) is 0 Å². The second-order valence-corrected chi connectivity index (χ2v) is 5.59. The molecule has 17 heavy (non-hydrogen) atoms. The maximum Gasteiger partial charge on any atom is 0.167 e. The zero-order valence-electron chi connectivity index (χ0n) is 12.1. The monoisotopic (exact) mass is 233 g/mol. The van der Waals surface area contributed by atoms with Gasteiger partial charge in [-0.3, -0.25) is 0 Å². The molecule has 0 amide bonds. The van der Waals surface area contributed by atoms with Crippen LogP contribution in [0.2, 0.25) is 12.1 Å². The first kappa shape index (κ1) is 14.4. The third-order valence-electron chi connectivity index (χ3n) is 4.27. The van der Waals surface area contributed by atoms with Gasteiger partial charge in [-0.25, -0.2) is 0 Å². The van der Waals surface area contributed by atoms with E-state index in [1.807, 2.05) is 0 Å². The summed E-state index contributed by atoms with van der Waals surface area (Å²) < 4.78 is 0. The molecule has 0 saturated carbocycles. The average Bonchev–Trinajstić information content (AvgIpc) is 2.69. The third-order valence-corrected chi connectivity index (χ3v) is 4.27. The van der Waals surface area contributed by atoms with E-state index in [1.165, 1.54) is 37.8 Å². The lowest BCUT2D eigenvalue weighted by Gasteiger charge is -2.26. The molecule has 96 valence electrons. The Kier molecular flexibility index (Phi) is 5.87. The molecular weight excluding hydrogens is 205 g/mol. The minimum Gasteiger partial charge on any atom is -0.383 e. The molecule has 0 bridgehead atoms. The first-order valence-corrected chi connectivity index (χ1v) is 7.15. The van der Waals surface area contributed by atoms with Crippen molar-refractivity contribution < 1.29 is 0 Å². The van der Waals surface area contributed by atoms with E-state index >= 15 is 0 Å². The fourth-order valence-electron chi connectivity index (χ4n) is 2.79. The maximum atomic E-state index is 4.32. The smallest absolute Gasteiger partial charge is 0.167 e. The van der Waals surface area contributed by atoms with Crippen molar-refractivity contribution in [2.45, 2.75) is 52.7 Å². The van der Waals surface area contributed by atoms with Crippen LogP contribution in [0.15, 0.2) is 24.4 Å². The van der Waals surface area contributed by atoms with Gasteiger partial charge in [0.1, 0.15) is 0 Å². The molecule has 1 nitrogen and oxygen atoms in total. The summed E-state index contributed by atoms with van der Waals surface area (Å²) in [7, 11) is 0. The molecule has 2 unspecified atom stereocenters. The van der Waals surface area contributed by atoms with Crippen LogP contribution in [0.4, 0.5) is 0 Å². The van der Waals surface area contributed by atoms with Crippen molar-refractivity contribution in [2.75, 3.05) is 13.0 Å². The quantitative estimate of drug-likeness (QED) is 0.489. The zero-order valence-corrected chi connectivity index (χ0v) is 12.1. The summed E-state index contributed by atoms with van der Waals surface area (Å²) in [5.74, 6) is 1.45. The van der Waals surface area contributed by atoms with Gasteiger partial charge in [0.15, 0.2) is 6.71 Å². The van der Waals surface area contributed by atoms with Crippen molar-refractivity contribution in [1.82, 2.24) is 4.90 Å². The van der Waals surface area contributed by atoms with Crippen molar-refractivity contribution >= 4 is 6.71 Å². The fraction of sp³-hybridized carbons (Fsp3) is 0.733. The minimum absolute atomic E-state index is 0.619. The molecule has 1 aliphatic rings. The number of rotatable bonds is 6. The fourth-order valence-corrected chi connectivity index (χ4v) is 2.79. The van der Waals surface area contributed by atoms with Gasteiger partial charge in [0, 0.05) is 12.2 Å². The molecule has 0 aromatic carbocycles. The van der Waals surface area contributed by atoms with Crippen LogP contribution < -0.4 is 0 Å². The molecule has 0 aromatic heterocycles. The predicted octanol–water partition coefficient (Wildman–Crippen LogP) is 4.25. The maximum absolute atomic E-state index is 4.32. The summed E-state index contributed by atoms with van der Waals surface area (Å²) in [5, 5.41) is 0. The first-order valence-electron chi connectivity index (χ1n) is 7.15. The van der Waals surface area contributed by atoms with Gasteiger partial charge in [-0.2, -0.15) is 0 Å². The van der Waals surface area contributed by atoms with E-state index in [4.69, 9.17) is 0 Å². The Bertz CT molecular complexity index is 272. The van der Waals surface area contributed by atoms with Gasteiger partial charge in [-0.15, -0.1) is 0 Å². The van der Waals surface area contributed by atoms with Crippen LogP contribution in [0.3, 0.4) is 0 Å². The van der Waals surface area contributed by atoms with Gasteiger partial charge >= 0.3 is 0 Å². The highest BCUT2D eigenvalue weighted by Gasteiger charge is 2.32. The summed E-state index contributed by atoms with van der Waals surface area (Å²) in [6.45, 7) is 15.5. The average molecular weight is 233 g/mol. The summed E-state index contributed by atoms with van der Waals surface area (Å²) in [5.41, 5.74) is 1.36. The number of hydrogen-bond donors (Lipinski definition) is 0. The van der Waals surface area contributed by atoms with Crippen LogP contribution in [-0.4, -0.2) is 24.6 Å². The minimum atomic E-state index is 0.619. The van der Waals surface area contributed by atoms with E-state index in [2.05, 4.69) is 51.3 Å². The van der Waals surface area contributed by atoms with Crippen LogP contribution >= 0.6 is 0 Å². The van der Waals surface area contributed by atoms with Gasteiger partial charge in [-0.1, -0.05) is 45.8 Å². The Morgan fingerprint density at radius 2 is 2.29 bits per heavy atom. The number of nitrogens with zero attached hydrogens (tertiary/aromatic N) is 1. The molecule has 1 heterocycles. The van der Waals surface area contributed by atoms with Crippen molar-refractivity contribution in [3.8, 4) is 0 Å². The van der Waals surface area contributed by atoms with Crippen LogP contribution in [0.25, 0.3) is 0 Å². The van der Waals surface area contributed by atoms with Gasteiger partial charge in [0.25, 0.3) is 0 Å². The molecule has 0 aromatic rings. The second-order valence-electron chi connectivity index (χ2n) is 5.59. The summed E-state index contributed by atoms with van der Waals surface area (Å²) in [6, 6.07) is 0. The molecule has 0 spiro atoms. The normalized spacial score (nSPS) is 22.5. The molecule has 1 fully saturated rings. The highest BCUT2D eigenvalue weighted by Crippen LogP contribution is 2.29. The number of allylic oxidation sites excluding steroid dienone is 3. The third kappa shape index (κ3) is 3.94. The van der Waals surface area contributed by atoms with Gasteiger partial charge < -0.3 is 4.90 Å². The lowest BCUT2D eigenvalue weighted by atomic mass is 9.42. The lowest BCUT2D eigenvalue weighted by Crippen LogP contribution is -2.26. The number of hydrogen-bond acceptors (Lipinski definition) is 1. The Labute approximate surface area is 108 Å². The Balaban J connectivity index is 2.42. The van der Waals surface area contributed by atoms with Crippen molar-refractivity contribution in [1.29, 1.82) is 0 Å². The Morgan fingerprint density at radius 3 is 2.82 bits per heavy atom. The highest BCUT2D eigenvalue weighted by molar-refractivity contribution is 6.61. The Morgan fingerprint density at radius 1 is 1.59 bits per heavy atom. The van der Waals surface area contributed by atoms with Crippen LogP contribution in [0.5, 0.6) is 0 Å². The molecule has 0 radical (unpaired) electrons. The molecule has 1 rings (SSSR count). The van der Waals surface area contributed by atoms with E-state index < -0.39 is 0 Å². The molecule has 2 heteroatoms. The van der Waals surface area contributed by atoms with E-state index in [0.29, 0.717) is 5.92 Å². The van der Waals surface area contributed by atoms with Crippen LogP contribution in [-0.2, 0) is 0 Å². The molecular formula is C15H28BN. The summed E-state index contributed by atoms with van der Waals surface area (Å²) >= 11 is 0. The first-order chi connectivity index (χ1) is 8.10. The largest absolute Gasteiger partial charge is 0.383 e. The second kappa shape index (κ2) is 6.93. The topological polar surface area (TPSA) is 3.24 Å². The predicted molar refractivity (Wildman–Crippen MR) is 79.6 cm³/mol. The van der Waals surface area contributed by atoms with Crippen molar-refractivity contribution in [3.63, 3.8) is 0 Å². The van der Waals surface area contributed by atoms with Gasteiger partial charge in [0.05, 0.1) is 0 Å². The SMILES string of the molecule is C=C(C(C)CCC=CC)N1CB(CC)C(C)C1. The van der Waals surface area contributed by atoms with Crippen LogP contribution in [0, 0.1) is 5.92 Å². The summed E-state index contributed by atoms with van der Waals surface area (Å²) in [6.07, 6.45) is 9.33. The standard InChI is InChI=1S/C15H28BN/c1-6-8-9-10-13(3)15(5)17-11-14(4)16(7-2)12-17/h6,8,13-14H,5,7,9-12H2,1-4H3. The summed E-state index contributed by atoms with van der Waals surface area (Å²) in [4.78, 5) is 2.53. The lowest BCUT2D eigenvalue weighted by molar-refractivity contribution is 0.366. The Hall–Kier alpha value is -0.655. The van der Waals surface area contributed by atoms with E-state index in [0.717, 1.165) is 12.5 Å². The molecule has 0 aliphatic carbocycles. The molecule has 1 aliphatic heterocycles. The van der Waals surface area contributed by atoms with E-state index in [-0.39, 0.29) is 0 Å². The molecule has 1 saturated heterocycles. The van der Waals surface area contributed by atoms with E-state index in [1.54, 1.807) is 0 Å². The molecule has 2 atom stereocenters. The van der Waals surface area contributed by atoms with Gasteiger partial charge in [0.2, 0.25) is 0 Å².